The number of para-hydroxylation sites is 1. The molecule has 2 aliphatic rings. The van der Waals surface area contributed by atoms with E-state index in [0.29, 0.717) is 5.92 Å². The topological polar surface area (TPSA) is 8.17 Å². The summed E-state index contributed by atoms with van der Waals surface area (Å²) in [5.74, 6) is 0.297. The predicted molar refractivity (Wildman–Crippen MR) is 236 cm³/mol. The molecule has 264 valence electrons. The van der Waals surface area contributed by atoms with Crippen molar-refractivity contribution in [2.24, 2.45) is 0 Å². The molecule has 0 saturated carbocycles. The summed E-state index contributed by atoms with van der Waals surface area (Å²) in [6.45, 7) is 0. The van der Waals surface area contributed by atoms with Gasteiger partial charge in [0.15, 0.2) is 0 Å². The van der Waals surface area contributed by atoms with E-state index in [4.69, 9.17) is 0 Å². The van der Waals surface area contributed by atoms with E-state index in [-0.39, 0.29) is 6.04 Å². The minimum atomic E-state index is 0.244. The predicted octanol–water partition coefficient (Wildman–Crippen LogP) is 14.2. The Hall–Kier alpha value is -7.16. The second kappa shape index (κ2) is 13.3. The van der Waals surface area contributed by atoms with Crippen LogP contribution in [-0.2, 0) is 0 Å². The molecule has 11 rings (SSSR count). The summed E-state index contributed by atoms with van der Waals surface area (Å²) in [6.07, 6.45) is 9.11. The second-order valence-electron chi connectivity index (χ2n) is 14.9. The first-order valence-corrected chi connectivity index (χ1v) is 19.5. The fourth-order valence-corrected chi connectivity index (χ4v) is 9.01. The maximum Gasteiger partial charge on any atom is 0.0629 e. The molecule has 1 aliphatic carbocycles. The van der Waals surface area contributed by atoms with Gasteiger partial charge < -0.3 is 9.47 Å². The molecule has 2 unspecified atom stereocenters. The van der Waals surface area contributed by atoms with E-state index in [9.17, 15) is 0 Å². The Labute approximate surface area is 327 Å². The minimum Gasteiger partial charge on any atom is -0.333 e. The third-order valence-electron chi connectivity index (χ3n) is 11.7. The van der Waals surface area contributed by atoms with Crippen LogP contribution < -0.4 is 4.90 Å². The molecule has 0 bridgehead atoms. The average Bonchev–Trinajstić information content (AvgIpc) is 3.79. The number of aromatic nitrogens is 1. The van der Waals surface area contributed by atoms with Crippen LogP contribution in [0.3, 0.4) is 0 Å². The molecule has 9 aromatic rings. The first-order valence-electron chi connectivity index (χ1n) is 19.5. The lowest BCUT2D eigenvalue weighted by Gasteiger charge is -2.29. The molecule has 2 nitrogen and oxygen atoms in total. The van der Waals surface area contributed by atoms with Crippen molar-refractivity contribution in [3.63, 3.8) is 0 Å². The smallest absolute Gasteiger partial charge is 0.0629 e. The van der Waals surface area contributed by atoms with Crippen LogP contribution in [0.2, 0.25) is 0 Å². The fourth-order valence-electron chi connectivity index (χ4n) is 9.01. The number of allylic oxidation sites excluding steroid dienone is 2. The zero-order chi connectivity index (χ0) is 37.0. The number of hydrogen-bond donors (Lipinski definition) is 0. The van der Waals surface area contributed by atoms with Gasteiger partial charge in [-0.1, -0.05) is 164 Å². The van der Waals surface area contributed by atoms with Gasteiger partial charge in [-0.05, 0) is 105 Å². The Bertz CT molecular complexity index is 2950. The van der Waals surface area contributed by atoms with Crippen molar-refractivity contribution < 1.29 is 0 Å². The van der Waals surface area contributed by atoms with Gasteiger partial charge in [-0.15, -0.1) is 0 Å². The molecule has 2 heterocycles. The van der Waals surface area contributed by atoms with Crippen molar-refractivity contribution in [3.8, 4) is 50.2 Å². The normalized spacial score (nSPS) is 15.7. The molecular weight excluding hydrogens is 677 g/mol. The molecular formula is C54H38N2. The summed E-state index contributed by atoms with van der Waals surface area (Å²) < 4.78 is 2.39. The second-order valence-corrected chi connectivity index (χ2v) is 14.9. The van der Waals surface area contributed by atoms with Gasteiger partial charge in [0.1, 0.15) is 0 Å². The Balaban J connectivity index is 0.916. The molecule has 0 N–H and O–H groups in total. The molecule has 8 aromatic carbocycles. The highest BCUT2D eigenvalue weighted by Gasteiger charge is 2.37. The van der Waals surface area contributed by atoms with Crippen LogP contribution in [-0.4, -0.2) is 10.6 Å². The molecule has 0 saturated heterocycles. The molecule has 0 amide bonds. The van der Waals surface area contributed by atoms with E-state index < -0.39 is 0 Å². The molecule has 2 atom stereocenters. The molecule has 1 aliphatic heterocycles. The van der Waals surface area contributed by atoms with Gasteiger partial charge in [0.05, 0.1) is 17.1 Å². The standard InChI is InChI=1S/C54H38N2/c1-3-12-37(13-4-1)39-26-30-45(31-27-39)55-51-20-9-7-18-47(51)49-35-43(28-32-53(49)55)40-22-24-41(25-23-40)44-29-33-54-50(36-44)48-19-8-10-21-52(48)56(54)46-17-11-16-42(34-46)38-14-5-2-6-15-38/h1-36,48,52H. The van der Waals surface area contributed by atoms with Crippen LogP contribution in [0, 0.1) is 0 Å². The zero-order valence-corrected chi connectivity index (χ0v) is 30.8. The van der Waals surface area contributed by atoms with Crippen molar-refractivity contribution in [2.45, 2.75) is 12.0 Å². The molecule has 0 spiro atoms. The number of fused-ring (bicyclic) bond motifs is 6. The van der Waals surface area contributed by atoms with Crippen LogP contribution in [0.1, 0.15) is 11.5 Å². The van der Waals surface area contributed by atoms with Crippen LogP contribution >= 0.6 is 0 Å². The van der Waals surface area contributed by atoms with Crippen LogP contribution in [0.25, 0.3) is 72.0 Å². The Kier molecular flexibility index (Phi) is 7.67. The summed E-state index contributed by atoms with van der Waals surface area (Å²) in [6, 6.07) is 71.2. The molecule has 1 aromatic heterocycles. The molecule has 0 fully saturated rings. The third-order valence-corrected chi connectivity index (χ3v) is 11.7. The van der Waals surface area contributed by atoms with E-state index in [0.717, 1.165) is 5.69 Å². The maximum absolute atomic E-state index is 2.52. The van der Waals surface area contributed by atoms with E-state index >= 15 is 0 Å². The van der Waals surface area contributed by atoms with Crippen molar-refractivity contribution in [3.05, 3.63) is 224 Å². The van der Waals surface area contributed by atoms with Crippen molar-refractivity contribution >= 4 is 33.2 Å². The van der Waals surface area contributed by atoms with E-state index in [2.05, 4.69) is 228 Å². The Morgan fingerprint density at radius 3 is 1.64 bits per heavy atom. The number of hydrogen-bond acceptors (Lipinski definition) is 1. The number of rotatable bonds is 6. The van der Waals surface area contributed by atoms with Crippen molar-refractivity contribution in [1.29, 1.82) is 0 Å². The number of nitrogens with zero attached hydrogens (tertiary/aromatic N) is 2. The van der Waals surface area contributed by atoms with E-state index in [1.165, 1.54) is 83.3 Å². The number of anilines is 2. The molecule has 0 radical (unpaired) electrons. The highest BCUT2D eigenvalue weighted by Crippen LogP contribution is 2.49. The summed E-state index contributed by atoms with van der Waals surface area (Å²) in [7, 11) is 0. The van der Waals surface area contributed by atoms with Crippen LogP contribution in [0.15, 0.2) is 218 Å². The molecule has 56 heavy (non-hydrogen) atoms. The number of benzene rings is 8. The van der Waals surface area contributed by atoms with Crippen molar-refractivity contribution in [1.82, 2.24) is 4.57 Å². The first-order chi connectivity index (χ1) is 27.8. The third kappa shape index (κ3) is 5.41. The van der Waals surface area contributed by atoms with Crippen LogP contribution in [0.4, 0.5) is 11.4 Å². The average molecular weight is 715 g/mol. The minimum absolute atomic E-state index is 0.244. The Morgan fingerprint density at radius 1 is 0.339 bits per heavy atom. The summed E-state index contributed by atoms with van der Waals surface area (Å²) in [5, 5.41) is 2.52. The van der Waals surface area contributed by atoms with Gasteiger partial charge >= 0.3 is 0 Å². The van der Waals surface area contributed by atoms with Gasteiger partial charge in [-0.2, -0.15) is 0 Å². The van der Waals surface area contributed by atoms with Gasteiger partial charge in [0, 0.05) is 33.8 Å². The fraction of sp³-hybridized carbons (Fsp3) is 0.0370. The quantitative estimate of drug-likeness (QED) is 0.166. The maximum atomic E-state index is 2.52. The Morgan fingerprint density at radius 2 is 0.875 bits per heavy atom. The molecule has 2 heteroatoms. The van der Waals surface area contributed by atoms with Gasteiger partial charge in [0.25, 0.3) is 0 Å². The van der Waals surface area contributed by atoms with Gasteiger partial charge in [-0.25, -0.2) is 0 Å². The summed E-state index contributed by atoms with van der Waals surface area (Å²) >= 11 is 0. The first kappa shape index (κ1) is 32.3. The van der Waals surface area contributed by atoms with Gasteiger partial charge in [0.2, 0.25) is 0 Å². The van der Waals surface area contributed by atoms with Gasteiger partial charge in [-0.3, -0.25) is 0 Å². The summed E-state index contributed by atoms with van der Waals surface area (Å²) in [4.78, 5) is 2.52. The monoisotopic (exact) mass is 714 g/mol. The highest BCUT2D eigenvalue weighted by atomic mass is 15.2. The summed E-state index contributed by atoms with van der Waals surface area (Å²) in [5.41, 5.74) is 17.3. The lowest BCUT2D eigenvalue weighted by molar-refractivity contribution is 0.745. The van der Waals surface area contributed by atoms with E-state index in [1.54, 1.807) is 0 Å². The van der Waals surface area contributed by atoms with Crippen LogP contribution in [0.5, 0.6) is 0 Å². The SMILES string of the molecule is C1=CC2c3cc(-c4ccc(-c5ccc6c(c5)c5ccccc5n6-c5ccc(-c6ccccc6)cc5)cc4)ccc3N(c3cccc(-c4ccccc4)c3)C2C=C1. The highest BCUT2D eigenvalue weighted by molar-refractivity contribution is 6.10. The zero-order valence-electron chi connectivity index (χ0n) is 30.8. The lowest BCUT2D eigenvalue weighted by Crippen LogP contribution is -2.28. The largest absolute Gasteiger partial charge is 0.333 e. The van der Waals surface area contributed by atoms with Crippen molar-refractivity contribution in [2.75, 3.05) is 4.90 Å². The van der Waals surface area contributed by atoms with E-state index in [1.807, 2.05) is 0 Å². The lowest BCUT2D eigenvalue weighted by atomic mass is 9.89.